The number of carbonyl (C=O) groups is 1. The molecule has 0 saturated heterocycles. The molecule has 0 atom stereocenters. The van der Waals surface area contributed by atoms with Gasteiger partial charge in [0.1, 0.15) is 12.4 Å². The van der Waals surface area contributed by atoms with Crippen LogP contribution in [0.4, 0.5) is 10.1 Å². The van der Waals surface area contributed by atoms with Crippen LogP contribution in [0.5, 0.6) is 0 Å². The molecule has 0 fully saturated rings. The minimum Gasteiger partial charge on any atom is -0.324 e. The molecule has 3 aromatic rings. The first kappa shape index (κ1) is 15.8. The van der Waals surface area contributed by atoms with Crippen LogP contribution in [0.1, 0.15) is 11.1 Å². The van der Waals surface area contributed by atoms with E-state index >= 15 is 0 Å². The van der Waals surface area contributed by atoms with Crippen LogP contribution in [-0.4, -0.2) is 26.1 Å². The summed E-state index contributed by atoms with van der Waals surface area (Å²) in [6, 6.07) is 11.9. The van der Waals surface area contributed by atoms with Crippen LogP contribution >= 0.6 is 0 Å². The standard InChI is InChI=1S/C17H16FN5O/c1-11-3-6-13(7-4-11)17-20-22-23(21-17)10-16(24)19-15-9-14(18)8-5-12(15)2/h3-9H,10H2,1-2H3,(H,19,24). The van der Waals surface area contributed by atoms with Crippen molar-refractivity contribution in [2.75, 3.05) is 5.32 Å². The van der Waals surface area contributed by atoms with E-state index in [0.29, 0.717) is 11.5 Å². The number of tetrazole rings is 1. The zero-order valence-electron chi connectivity index (χ0n) is 13.3. The Morgan fingerprint density at radius 1 is 1.17 bits per heavy atom. The maximum Gasteiger partial charge on any atom is 0.248 e. The number of aromatic nitrogens is 4. The number of hydrogen-bond donors (Lipinski definition) is 1. The van der Waals surface area contributed by atoms with Crippen molar-refractivity contribution >= 4 is 11.6 Å². The SMILES string of the molecule is Cc1ccc(-c2nnn(CC(=O)Nc3cc(F)ccc3C)n2)cc1. The van der Waals surface area contributed by atoms with Crippen LogP contribution < -0.4 is 5.32 Å². The Morgan fingerprint density at radius 2 is 1.92 bits per heavy atom. The van der Waals surface area contributed by atoms with Crippen molar-refractivity contribution in [3.8, 4) is 11.4 Å². The summed E-state index contributed by atoms with van der Waals surface area (Å²) >= 11 is 0. The number of benzene rings is 2. The fourth-order valence-electron chi connectivity index (χ4n) is 2.18. The van der Waals surface area contributed by atoms with Gasteiger partial charge in [-0.2, -0.15) is 4.80 Å². The molecule has 0 spiro atoms. The van der Waals surface area contributed by atoms with Gasteiger partial charge in [0.05, 0.1) is 0 Å². The van der Waals surface area contributed by atoms with E-state index in [2.05, 4.69) is 20.7 Å². The number of amides is 1. The average molecular weight is 325 g/mol. The molecule has 1 N–H and O–H groups in total. The van der Waals surface area contributed by atoms with Crippen molar-refractivity contribution in [3.05, 3.63) is 59.4 Å². The van der Waals surface area contributed by atoms with Gasteiger partial charge >= 0.3 is 0 Å². The lowest BCUT2D eigenvalue weighted by Gasteiger charge is -2.07. The van der Waals surface area contributed by atoms with Gasteiger partial charge in [-0.3, -0.25) is 4.79 Å². The van der Waals surface area contributed by atoms with Gasteiger partial charge in [-0.25, -0.2) is 4.39 Å². The molecule has 0 radical (unpaired) electrons. The minimum atomic E-state index is -0.406. The summed E-state index contributed by atoms with van der Waals surface area (Å²) in [5.74, 6) is -0.308. The van der Waals surface area contributed by atoms with Crippen LogP contribution in [0.25, 0.3) is 11.4 Å². The van der Waals surface area contributed by atoms with Crippen molar-refractivity contribution in [2.24, 2.45) is 0 Å². The highest BCUT2D eigenvalue weighted by atomic mass is 19.1. The lowest BCUT2D eigenvalue weighted by atomic mass is 10.1. The third kappa shape index (κ3) is 3.62. The number of nitrogens with zero attached hydrogens (tertiary/aromatic N) is 4. The maximum absolute atomic E-state index is 13.3. The summed E-state index contributed by atoms with van der Waals surface area (Å²) in [5, 5.41) is 14.7. The first-order valence-electron chi connectivity index (χ1n) is 7.42. The Bertz CT molecular complexity index is 873. The first-order chi connectivity index (χ1) is 11.5. The van der Waals surface area contributed by atoms with E-state index in [1.54, 1.807) is 13.0 Å². The summed E-state index contributed by atoms with van der Waals surface area (Å²) in [5.41, 5.74) is 3.17. The van der Waals surface area contributed by atoms with Crippen molar-refractivity contribution in [3.63, 3.8) is 0 Å². The lowest BCUT2D eigenvalue weighted by Crippen LogP contribution is -2.21. The molecule has 2 aromatic carbocycles. The fourth-order valence-corrected chi connectivity index (χ4v) is 2.18. The normalized spacial score (nSPS) is 10.6. The van der Waals surface area contributed by atoms with Gasteiger partial charge in [-0.05, 0) is 36.8 Å². The number of rotatable bonds is 4. The molecule has 122 valence electrons. The molecular formula is C17H16FN5O. The van der Waals surface area contributed by atoms with E-state index in [4.69, 9.17) is 0 Å². The van der Waals surface area contributed by atoms with Crippen LogP contribution in [0, 0.1) is 19.7 Å². The number of halogens is 1. The van der Waals surface area contributed by atoms with E-state index < -0.39 is 5.82 Å². The topological polar surface area (TPSA) is 72.7 Å². The maximum atomic E-state index is 13.3. The number of anilines is 1. The van der Waals surface area contributed by atoms with Gasteiger partial charge in [0.25, 0.3) is 0 Å². The van der Waals surface area contributed by atoms with Gasteiger partial charge in [0, 0.05) is 11.3 Å². The minimum absolute atomic E-state index is 0.102. The molecule has 6 nitrogen and oxygen atoms in total. The molecule has 0 bridgehead atoms. The average Bonchev–Trinajstić information content (AvgIpc) is 3.00. The largest absolute Gasteiger partial charge is 0.324 e. The van der Waals surface area contributed by atoms with Gasteiger partial charge in [-0.15, -0.1) is 10.2 Å². The van der Waals surface area contributed by atoms with E-state index in [1.807, 2.05) is 31.2 Å². The van der Waals surface area contributed by atoms with Gasteiger partial charge in [-0.1, -0.05) is 35.9 Å². The Labute approximate surface area is 138 Å². The van der Waals surface area contributed by atoms with E-state index in [-0.39, 0.29) is 12.5 Å². The predicted octanol–water partition coefficient (Wildman–Crippen LogP) is 2.73. The number of aryl methyl sites for hydroxylation is 2. The molecule has 3 rings (SSSR count). The zero-order valence-corrected chi connectivity index (χ0v) is 13.3. The van der Waals surface area contributed by atoms with Crippen LogP contribution in [0.15, 0.2) is 42.5 Å². The number of carbonyl (C=O) groups excluding carboxylic acids is 1. The van der Waals surface area contributed by atoms with E-state index in [0.717, 1.165) is 16.7 Å². The third-order valence-electron chi connectivity index (χ3n) is 3.52. The van der Waals surface area contributed by atoms with Crippen LogP contribution in [0.3, 0.4) is 0 Å². The Morgan fingerprint density at radius 3 is 2.67 bits per heavy atom. The Balaban J connectivity index is 1.69. The van der Waals surface area contributed by atoms with Crippen molar-refractivity contribution < 1.29 is 9.18 Å². The second kappa shape index (κ2) is 6.57. The Hall–Kier alpha value is -3.09. The number of nitrogens with one attached hydrogen (secondary N) is 1. The lowest BCUT2D eigenvalue weighted by molar-refractivity contribution is -0.117. The number of hydrogen-bond acceptors (Lipinski definition) is 4. The van der Waals surface area contributed by atoms with Crippen molar-refractivity contribution in [1.82, 2.24) is 20.2 Å². The van der Waals surface area contributed by atoms with Crippen LogP contribution in [-0.2, 0) is 11.3 Å². The molecule has 0 aliphatic rings. The summed E-state index contributed by atoms with van der Waals surface area (Å²) in [7, 11) is 0. The smallest absolute Gasteiger partial charge is 0.248 e. The predicted molar refractivity (Wildman–Crippen MR) is 87.8 cm³/mol. The summed E-state index contributed by atoms with van der Waals surface area (Å²) in [4.78, 5) is 13.3. The second-order valence-electron chi connectivity index (χ2n) is 5.52. The van der Waals surface area contributed by atoms with E-state index in [9.17, 15) is 9.18 Å². The highest BCUT2D eigenvalue weighted by Crippen LogP contribution is 2.16. The van der Waals surface area contributed by atoms with Crippen LogP contribution in [0.2, 0.25) is 0 Å². The molecule has 0 aliphatic carbocycles. The molecule has 0 saturated carbocycles. The van der Waals surface area contributed by atoms with Gasteiger partial charge in [0.15, 0.2) is 0 Å². The van der Waals surface area contributed by atoms with Gasteiger partial charge in [0.2, 0.25) is 11.7 Å². The molecule has 0 unspecified atom stereocenters. The van der Waals surface area contributed by atoms with Gasteiger partial charge < -0.3 is 5.32 Å². The third-order valence-corrected chi connectivity index (χ3v) is 3.52. The fraction of sp³-hybridized carbons (Fsp3) is 0.176. The molecule has 0 aliphatic heterocycles. The van der Waals surface area contributed by atoms with Crippen molar-refractivity contribution in [1.29, 1.82) is 0 Å². The molecule has 1 amide bonds. The highest BCUT2D eigenvalue weighted by Gasteiger charge is 2.11. The zero-order chi connectivity index (χ0) is 17.1. The first-order valence-corrected chi connectivity index (χ1v) is 7.42. The second-order valence-corrected chi connectivity index (χ2v) is 5.52. The summed E-state index contributed by atoms with van der Waals surface area (Å²) in [6.45, 7) is 3.68. The van der Waals surface area contributed by atoms with E-state index in [1.165, 1.54) is 16.9 Å². The summed E-state index contributed by atoms with van der Waals surface area (Å²) < 4.78 is 13.3. The molecule has 1 heterocycles. The summed E-state index contributed by atoms with van der Waals surface area (Å²) in [6.07, 6.45) is 0. The molecule has 24 heavy (non-hydrogen) atoms. The molecule has 1 aromatic heterocycles. The molecular weight excluding hydrogens is 309 g/mol. The Kier molecular flexibility index (Phi) is 4.33. The molecule has 7 heteroatoms. The quantitative estimate of drug-likeness (QED) is 0.800. The monoisotopic (exact) mass is 325 g/mol. The van der Waals surface area contributed by atoms with Crippen molar-refractivity contribution in [2.45, 2.75) is 20.4 Å². The highest BCUT2D eigenvalue weighted by molar-refractivity contribution is 5.91.